The van der Waals surface area contributed by atoms with Crippen LogP contribution in [0.15, 0.2) is 24.3 Å². The monoisotopic (exact) mass is 294 g/mol. The van der Waals surface area contributed by atoms with Crippen LogP contribution in [0, 0.1) is 0 Å². The van der Waals surface area contributed by atoms with Crippen LogP contribution in [0.5, 0.6) is 0 Å². The fourth-order valence-corrected chi connectivity index (χ4v) is 3.59. The van der Waals surface area contributed by atoms with Crippen molar-refractivity contribution in [1.29, 1.82) is 0 Å². The van der Waals surface area contributed by atoms with E-state index in [-0.39, 0.29) is 11.9 Å². The van der Waals surface area contributed by atoms with Crippen LogP contribution in [-0.2, 0) is 0 Å². The summed E-state index contributed by atoms with van der Waals surface area (Å²) in [4.78, 5) is 13.0. The Morgan fingerprint density at radius 2 is 2.32 bits per heavy atom. The molecular weight excluding hydrogens is 280 g/mol. The molecule has 1 atom stereocenters. The van der Waals surface area contributed by atoms with Gasteiger partial charge in [0.25, 0.3) is 5.91 Å². The number of fused-ring (bicyclic) bond motifs is 1. The highest BCUT2D eigenvalue weighted by Crippen LogP contribution is 2.28. The van der Waals surface area contributed by atoms with Gasteiger partial charge in [0.15, 0.2) is 0 Å². The molecule has 0 radical (unpaired) electrons. The molecule has 2 N–H and O–H groups in total. The van der Waals surface area contributed by atoms with Gasteiger partial charge in [0.2, 0.25) is 0 Å². The van der Waals surface area contributed by atoms with Gasteiger partial charge in [0, 0.05) is 22.3 Å². The van der Waals surface area contributed by atoms with E-state index in [1.54, 1.807) is 0 Å². The maximum absolute atomic E-state index is 12.2. The van der Waals surface area contributed by atoms with Crippen molar-refractivity contribution in [2.75, 3.05) is 13.1 Å². The van der Waals surface area contributed by atoms with Crippen LogP contribution in [0.3, 0.4) is 0 Å². The van der Waals surface area contributed by atoms with Gasteiger partial charge >= 0.3 is 0 Å². The van der Waals surface area contributed by atoms with E-state index in [9.17, 15) is 4.79 Å². The molecule has 0 saturated carbocycles. The summed E-state index contributed by atoms with van der Waals surface area (Å²) in [5.41, 5.74) is 0. The normalized spacial score (nSPS) is 19.5. The molecule has 100 valence electrons. The highest BCUT2D eigenvalue weighted by Gasteiger charge is 2.17. The van der Waals surface area contributed by atoms with E-state index in [2.05, 4.69) is 10.6 Å². The SMILES string of the molecule is O=C(NC1CCCNC1)c1cc2ccc(Cl)cc2s1. The Morgan fingerprint density at radius 1 is 1.42 bits per heavy atom. The van der Waals surface area contributed by atoms with Crippen LogP contribution < -0.4 is 10.6 Å². The van der Waals surface area contributed by atoms with Gasteiger partial charge in [-0.1, -0.05) is 17.7 Å². The average Bonchev–Trinajstić information content (AvgIpc) is 2.83. The Bertz CT molecular complexity index is 605. The topological polar surface area (TPSA) is 41.1 Å². The van der Waals surface area contributed by atoms with Gasteiger partial charge in [0.1, 0.15) is 0 Å². The second-order valence-corrected chi connectivity index (χ2v) is 6.33. The van der Waals surface area contributed by atoms with Gasteiger partial charge in [-0.2, -0.15) is 0 Å². The molecule has 1 aliphatic heterocycles. The highest BCUT2D eigenvalue weighted by molar-refractivity contribution is 7.20. The van der Waals surface area contributed by atoms with Crippen LogP contribution in [0.25, 0.3) is 10.1 Å². The fourth-order valence-electron chi connectivity index (χ4n) is 2.35. The van der Waals surface area contributed by atoms with Crippen molar-refractivity contribution in [3.8, 4) is 0 Å². The third kappa shape index (κ3) is 2.91. The van der Waals surface area contributed by atoms with Gasteiger partial charge in [0.05, 0.1) is 4.88 Å². The predicted octanol–water partition coefficient (Wildman–Crippen LogP) is 3.04. The van der Waals surface area contributed by atoms with Gasteiger partial charge in [-0.25, -0.2) is 0 Å². The van der Waals surface area contributed by atoms with E-state index >= 15 is 0 Å². The summed E-state index contributed by atoms with van der Waals surface area (Å²) in [5, 5.41) is 8.16. The summed E-state index contributed by atoms with van der Waals surface area (Å²) < 4.78 is 1.06. The molecule has 0 aliphatic carbocycles. The summed E-state index contributed by atoms with van der Waals surface area (Å²) >= 11 is 7.45. The lowest BCUT2D eigenvalue weighted by atomic mass is 10.1. The van der Waals surface area contributed by atoms with E-state index in [1.807, 2.05) is 24.3 Å². The molecule has 19 heavy (non-hydrogen) atoms. The Morgan fingerprint density at radius 3 is 3.11 bits per heavy atom. The lowest BCUT2D eigenvalue weighted by Gasteiger charge is -2.23. The molecule has 1 unspecified atom stereocenters. The summed E-state index contributed by atoms with van der Waals surface area (Å²) in [5.74, 6) is 0.0195. The number of benzene rings is 1. The van der Waals surface area contributed by atoms with Gasteiger partial charge in [-0.05, 0) is 43.0 Å². The number of halogens is 1. The van der Waals surface area contributed by atoms with E-state index in [1.165, 1.54) is 11.3 Å². The zero-order valence-corrected chi connectivity index (χ0v) is 12.0. The summed E-state index contributed by atoms with van der Waals surface area (Å²) in [7, 11) is 0. The van der Waals surface area contributed by atoms with E-state index < -0.39 is 0 Å². The number of piperidine rings is 1. The Labute approximate surface area is 121 Å². The van der Waals surface area contributed by atoms with Crippen LogP contribution >= 0.6 is 22.9 Å². The minimum absolute atomic E-state index is 0.0195. The predicted molar refractivity (Wildman–Crippen MR) is 80.2 cm³/mol. The molecule has 5 heteroatoms. The second-order valence-electron chi connectivity index (χ2n) is 4.81. The van der Waals surface area contributed by atoms with E-state index in [0.29, 0.717) is 5.02 Å². The standard InChI is InChI=1S/C14H15ClN2OS/c15-10-4-3-9-6-13(19-12(9)7-10)14(18)17-11-2-1-5-16-8-11/h3-4,6-7,11,16H,1-2,5,8H2,(H,17,18). The van der Waals surface area contributed by atoms with E-state index in [0.717, 1.165) is 40.9 Å². The molecule has 1 saturated heterocycles. The zero-order valence-electron chi connectivity index (χ0n) is 10.4. The summed E-state index contributed by atoms with van der Waals surface area (Å²) in [6.07, 6.45) is 2.17. The molecule has 1 aliphatic rings. The number of hydrogen-bond acceptors (Lipinski definition) is 3. The Kier molecular flexibility index (Phi) is 3.73. The Hall–Kier alpha value is -1.10. The number of carbonyl (C=O) groups is 1. The molecule has 0 bridgehead atoms. The minimum atomic E-state index is 0.0195. The first kappa shape index (κ1) is 12.9. The molecule has 3 rings (SSSR count). The summed E-state index contributed by atoms with van der Waals surface area (Å²) in [6.45, 7) is 1.91. The first-order valence-electron chi connectivity index (χ1n) is 6.43. The second kappa shape index (κ2) is 5.49. The van der Waals surface area contributed by atoms with Crippen molar-refractivity contribution in [2.24, 2.45) is 0 Å². The molecule has 1 aromatic heterocycles. The Balaban J connectivity index is 1.77. The molecule has 2 aromatic rings. The molecule has 1 aromatic carbocycles. The van der Waals surface area contributed by atoms with Crippen molar-refractivity contribution in [2.45, 2.75) is 18.9 Å². The fraction of sp³-hybridized carbons (Fsp3) is 0.357. The number of rotatable bonds is 2. The zero-order chi connectivity index (χ0) is 13.2. The molecule has 1 fully saturated rings. The number of nitrogens with one attached hydrogen (secondary N) is 2. The maximum Gasteiger partial charge on any atom is 0.261 e. The lowest BCUT2D eigenvalue weighted by Crippen LogP contribution is -2.45. The number of hydrogen-bond donors (Lipinski definition) is 2. The van der Waals surface area contributed by atoms with Gasteiger partial charge in [-0.3, -0.25) is 4.79 Å². The third-order valence-electron chi connectivity index (χ3n) is 3.34. The van der Waals surface area contributed by atoms with Crippen LogP contribution in [-0.4, -0.2) is 25.0 Å². The van der Waals surface area contributed by atoms with E-state index in [4.69, 9.17) is 11.6 Å². The average molecular weight is 295 g/mol. The highest BCUT2D eigenvalue weighted by atomic mass is 35.5. The largest absolute Gasteiger partial charge is 0.347 e. The first-order chi connectivity index (χ1) is 9.22. The lowest BCUT2D eigenvalue weighted by molar-refractivity contribution is 0.0935. The molecule has 3 nitrogen and oxygen atoms in total. The number of carbonyl (C=O) groups excluding carboxylic acids is 1. The molecule has 0 spiro atoms. The van der Waals surface area contributed by atoms with Crippen molar-refractivity contribution >= 4 is 38.9 Å². The third-order valence-corrected chi connectivity index (χ3v) is 4.67. The van der Waals surface area contributed by atoms with Crippen LogP contribution in [0.4, 0.5) is 0 Å². The van der Waals surface area contributed by atoms with Gasteiger partial charge < -0.3 is 10.6 Å². The van der Waals surface area contributed by atoms with Crippen molar-refractivity contribution in [3.63, 3.8) is 0 Å². The molecular formula is C14H15ClN2OS. The number of thiophene rings is 1. The molecule has 1 amide bonds. The van der Waals surface area contributed by atoms with Crippen LogP contribution in [0.1, 0.15) is 22.5 Å². The van der Waals surface area contributed by atoms with Crippen molar-refractivity contribution in [1.82, 2.24) is 10.6 Å². The number of amides is 1. The summed E-state index contributed by atoms with van der Waals surface area (Å²) in [6, 6.07) is 7.88. The van der Waals surface area contributed by atoms with Crippen molar-refractivity contribution < 1.29 is 4.79 Å². The molecule has 2 heterocycles. The maximum atomic E-state index is 12.2. The quantitative estimate of drug-likeness (QED) is 0.894. The smallest absolute Gasteiger partial charge is 0.261 e. The van der Waals surface area contributed by atoms with Gasteiger partial charge in [-0.15, -0.1) is 11.3 Å². The van der Waals surface area contributed by atoms with Crippen LogP contribution in [0.2, 0.25) is 5.02 Å². The minimum Gasteiger partial charge on any atom is -0.347 e. The first-order valence-corrected chi connectivity index (χ1v) is 7.62. The van der Waals surface area contributed by atoms with Crippen molar-refractivity contribution in [3.05, 3.63) is 34.2 Å².